The van der Waals surface area contributed by atoms with Crippen molar-refractivity contribution in [3.8, 4) is 0 Å². The summed E-state index contributed by atoms with van der Waals surface area (Å²) in [5.41, 5.74) is 3.98. The molecular formula is C15H15N3O3. The number of carbonyl (C=O) groups excluding carboxylic acids is 1. The molecule has 0 saturated carbocycles. The van der Waals surface area contributed by atoms with E-state index in [9.17, 15) is 9.59 Å². The van der Waals surface area contributed by atoms with Crippen LogP contribution in [0.3, 0.4) is 0 Å². The molecule has 0 atom stereocenters. The van der Waals surface area contributed by atoms with Crippen molar-refractivity contribution in [3.63, 3.8) is 0 Å². The van der Waals surface area contributed by atoms with Crippen molar-refractivity contribution >= 4 is 17.7 Å². The molecule has 1 aromatic carbocycles. The molecule has 0 fully saturated rings. The standard InChI is InChI=1S/C15H15N3O3/c19-14-7-5-11(10-17-14)9-16-13-4-2-1-3-12(13)6-8-15(20)18-21/h1-8,10,16,21H,9H2,(H,17,19)(H,18,20). The van der Waals surface area contributed by atoms with E-state index in [2.05, 4.69) is 10.3 Å². The summed E-state index contributed by atoms with van der Waals surface area (Å²) in [5, 5.41) is 11.7. The average molecular weight is 285 g/mol. The summed E-state index contributed by atoms with van der Waals surface area (Å²) < 4.78 is 0. The topological polar surface area (TPSA) is 94.2 Å². The Labute approximate surface area is 121 Å². The van der Waals surface area contributed by atoms with E-state index in [1.165, 1.54) is 17.6 Å². The van der Waals surface area contributed by atoms with E-state index < -0.39 is 5.91 Å². The summed E-state index contributed by atoms with van der Waals surface area (Å²) in [6, 6.07) is 10.6. The number of carbonyl (C=O) groups is 1. The summed E-state index contributed by atoms with van der Waals surface area (Å²) in [6.07, 6.45) is 4.48. The van der Waals surface area contributed by atoms with Gasteiger partial charge in [0.15, 0.2) is 0 Å². The number of hydroxylamine groups is 1. The zero-order valence-corrected chi connectivity index (χ0v) is 11.2. The number of pyridine rings is 1. The quantitative estimate of drug-likeness (QED) is 0.380. The van der Waals surface area contributed by atoms with Gasteiger partial charge in [-0.3, -0.25) is 14.8 Å². The summed E-state index contributed by atoms with van der Waals surface area (Å²) in [6.45, 7) is 0.536. The van der Waals surface area contributed by atoms with Gasteiger partial charge in [0.05, 0.1) is 0 Å². The van der Waals surface area contributed by atoms with Crippen molar-refractivity contribution < 1.29 is 10.0 Å². The van der Waals surface area contributed by atoms with E-state index in [1.807, 2.05) is 24.3 Å². The monoisotopic (exact) mass is 285 g/mol. The lowest BCUT2D eigenvalue weighted by Gasteiger charge is -2.09. The Morgan fingerprint density at radius 2 is 2.05 bits per heavy atom. The van der Waals surface area contributed by atoms with E-state index in [0.717, 1.165) is 16.8 Å². The zero-order chi connectivity index (χ0) is 15.1. The van der Waals surface area contributed by atoms with Gasteiger partial charge in [0.2, 0.25) is 5.56 Å². The first-order valence-electron chi connectivity index (χ1n) is 6.32. The van der Waals surface area contributed by atoms with Crippen LogP contribution in [-0.2, 0) is 11.3 Å². The molecule has 2 rings (SSSR count). The molecule has 108 valence electrons. The first-order valence-corrected chi connectivity index (χ1v) is 6.32. The minimum absolute atomic E-state index is 0.142. The lowest BCUT2D eigenvalue weighted by molar-refractivity contribution is -0.124. The molecule has 0 aliphatic heterocycles. The first-order chi connectivity index (χ1) is 10.2. The van der Waals surface area contributed by atoms with Gasteiger partial charge in [-0.05, 0) is 23.3 Å². The fraction of sp³-hybridized carbons (Fsp3) is 0.0667. The molecule has 1 amide bonds. The summed E-state index contributed by atoms with van der Waals surface area (Å²) in [4.78, 5) is 24.6. The van der Waals surface area contributed by atoms with E-state index in [4.69, 9.17) is 5.21 Å². The molecule has 1 aromatic heterocycles. The first kappa shape index (κ1) is 14.5. The van der Waals surface area contributed by atoms with Crippen molar-refractivity contribution in [3.05, 3.63) is 70.2 Å². The molecule has 0 radical (unpaired) electrons. The van der Waals surface area contributed by atoms with Crippen LogP contribution in [0.15, 0.2) is 53.5 Å². The second kappa shape index (κ2) is 7.06. The van der Waals surface area contributed by atoms with Crippen LogP contribution >= 0.6 is 0 Å². The number of para-hydroxylation sites is 1. The van der Waals surface area contributed by atoms with E-state index >= 15 is 0 Å². The minimum atomic E-state index is -0.592. The third-order valence-electron chi connectivity index (χ3n) is 2.82. The number of hydrogen-bond donors (Lipinski definition) is 4. The molecular weight excluding hydrogens is 270 g/mol. The zero-order valence-electron chi connectivity index (χ0n) is 11.2. The molecule has 4 N–H and O–H groups in total. The van der Waals surface area contributed by atoms with Gasteiger partial charge in [0.1, 0.15) is 0 Å². The average Bonchev–Trinajstić information content (AvgIpc) is 2.52. The van der Waals surface area contributed by atoms with Crippen molar-refractivity contribution in [2.75, 3.05) is 5.32 Å². The molecule has 0 spiro atoms. The maximum atomic E-state index is 11.0. The van der Waals surface area contributed by atoms with Crippen LogP contribution in [0.2, 0.25) is 0 Å². The smallest absolute Gasteiger partial charge is 0.267 e. The number of aromatic amines is 1. The molecule has 1 heterocycles. The van der Waals surface area contributed by atoms with Gasteiger partial charge < -0.3 is 10.3 Å². The van der Waals surface area contributed by atoms with Crippen LogP contribution in [-0.4, -0.2) is 16.1 Å². The lowest BCUT2D eigenvalue weighted by atomic mass is 10.1. The summed E-state index contributed by atoms with van der Waals surface area (Å²) >= 11 is 0. The number of H-pyrrole nitrogens is 1. The summed E-state index contributed by atoms with van der Waals surface area (Å²) in [7, 11) is 0. The Hall–Kier alpha value is -2.86. The second-order valence-electron chi connectivity index (χ2n) is 4.31. The predicted molar refractivity (Wildman–Crippen MR) is 79.8 cm³/mol. The van der Waals surface area contributed by atoms with Gasteiger partial charge in [0.25, 0.3) is 5.91 Å². The normalized spacial score (nSPS) is 10.5. The molecule has 2 aromatic rings. The van der Waals surface area contributed by atoms with Crippen molar-refractivity contribution in [2.45, 2.75) is 6.54 Å². The number of aromatic nitrogens is 1. The third-order valence-corrected chi connectivity index (χ3v) is 2.82. The highest BCUT2D eigenvalue weighted by Gasteiger charge is 2.00. The maximum Gasteiger partial charge on any atom is 0.267 e. The van der Waals surface area contributed by atoms with E-state index in [-0.39, 0.29) is 5.56 Å². The van der Waals surface area contributed by atoms with Crippen molar-refractivity contribution in [1.29, 1.82) is 0 Å². The van der Waals surface area contributed by atoms with E-state index in [0.29, 0.717) is 6.54 Å². The third kappa shape index (κ3) is 4.32. The Kier molecular flexibility index (Phi) is 4.89. The fourth-order valence-corrected chi connectivity index (χ4v) is 1.76. The molecule has 6 nitrogen and oxygen atoms in total. The number of anilines is 1. The van der Waals surface area contributed by atoms with Gasteiger partial charge >= 0.3 is 0 Å². The van der Waals surface area contributed by atoms with Crippen LogP contribution in [0.1, 0.15) is 11.1 Å². The number of nitrogens with one attached hydrogen (secondary N) is 3. The Balaban J connectivity index is 2.09. The SMILES string of the molecule is O=C(C=Cc1ccccc1NCc1ccc(=O)[nH]c1)NO. The Morgan fingerprint density at radius 3 is 2.76 bits per heavy atom. The number of amides is 1. The van der Waals surface area contributed by atoms with Crippen molar-refractivity contribution in [1.82, 2.24) is 10.5 Å². The number of rotatable bonds is 5. The van der Waals surface area contributed by atoms with Gasteiger partial charge in [-0.2, -0.15) is 0 Å². The minimum Gasteiger partial charge on any atom is -0.380 e. The van der Waals surface area contributed by atoms with Crippen LogP contribution in [0.25, 0.3) is 6.08 Å². The molecule has 0 bridgehead atoms. The predicted octanol–water partition coefficient (Wildman–Crippen LogP) is 1.51. The largest absolute Gasteiger partial charge is 0.380 e. The number of hydrogen-bond acceptors (Lipinski definition) is 4. The maximum absolute atomic E-state index is 11.0. The van der Waals surface area contributed by atoms with Gasteiger partial charge in [-0.25, -0.2) is 5.48 Å². The highest BCUT2D eigenvalue weighted by Crippen LogP contribution is 2.17. The highest BCUT2D eigenvalue weighted by molar-refractivity contribution is 5.91. The van der Waals surface area contributed by atoms with Gasteiger partial charge in [-0.1, -0.05) is 24.3 Å². The van der Waals surface area contributed by atoms with Crippen LogP contribution in [0.4, 0.5) is 5.69 Å². The van der Waals surface area contributed by atoms with Gasteiger partial charge in [0, 0.05) is 30.6 Å². The fourth-order valence-electron chi connectivity index (χ4n) is 1.76. The highest BCUT2D eigenvalue weighted by atomic mass is 16.5. The molecule has 21 heavy (non-hydrogen) atoms. The Bertz CT molecular complexity index is 687. The second-order valence-corrected chi connectivity index (χ2v) is 4.31. The Morgan fingerprint density at radius 1 is 1.24 bits per heavy atom. The van der Waals surface area contributed by atoms with E-state index in [1.54, 1.807) is 18.3 Å². The number of benzene rings is 1. The van der Waals surface area contributed by atoms with Crippen LogP contribution < -0.4 is 16.4 Å². The van der Waals surface area contributed by atoms with Gasteiger partial charge in [-0.15, -0.1) is 0 Å². The molecule has 0 unspecified atom stereocenters. The lowest BCUT2D eigenvalue weighted by Crippen LogP contribution is -2.14. The molecule has 0 saturated heterocycles. The molecule has 6 heteroatoms. The van der Waals surface area contributed by atoms with Crippen LogP contribution in [0.5, 0.6) is 0 Å². The molecule has 0 aliphatic carbocycles. The van der Waals surface area contributed by atoms with Crippen molar-refractivity contribution in [2.24, 2.45) is 0 Å². The summed E-state index contributed by atoms with van der Waals surface area (Å²) in [5.74, 6) is -0.592. The molecule has 0 aliphatic rings. The van der Waals surface area contributed by atoms with Crippen LogP contribution in [0, 0.1) is 0 Å².